The Kier molecular flexibility index (Phi) is 36.9. The Bertz CT molecular complexity index is 2220. The van der Waals surface area contributed by atoms with Crippen LogP contribution in [0.1, 0.15) is 539 Å². The lowest BCUT2D eigenvalue weighted by molar-refractivity contribution is 0.115. The Morgan fingerprint density at radius 2 is 0.188 bits per heavy atom. The highest BCUT2D eigenvalue weighted by molar-refractivity contribution is 4.92. The second kappa shape index (κ2) is 47.6. The molecule has 0 spiro atoms. The molecule has 32 aliphatic carbocycles. The Morgan fingerprint density at radius 3 is 0.411 bits per heavy atom. The molecule has 0 aromatic heterocycles. The van der Waals surface area contributed by atoms with E-state index in [0.29, 0.717) is 0 Å². The van der Waals surface area contributed by atoms with Crippen LogP contribution in [0.25, 0.3) is 0 Å². The molecular formula is C112H196. The first kappa shape index (κ1) is 86.9. The molecular weight excluding hydrogens is 1350 g/mol. The summed E-state index contributed by atoms with van der Waals surface area (Å²) in [6.45, 7) is 0. The summed E-state index contributed by atoms with van der Waals surface area (Å²) in [5, 5.41) is 0. The predicted octanol–water partition coefficient (Wildman–Crippen LogP) is 36.2. The normalized spacial score (nSPS) is 45.0. The molecule has 32 saturated carbocycles. The highest BCUT2D eigenvalue weighted by Gasteiger charge is 2.41. The molecule has 32 aliphatic rings. The third-order valence-electron chi connectivity index (χ3n) is 40.6. The van der Waals surface area contributed by atoms with Gasteiger partial charge in [-0.15, -0.1) is 0 Å². The molecule has 0 nitrogen and oxygen atoms in total. The largest absolute Gasteiger partial charge is 0.0533 e. The van der Waals surface area contributed by atoms with Crippen LogP contribution < -0.4 is 0 Å². The van der Waals surface area contributed by atoms with Crippen molar-refractivity contribution in [2.75, 3.05) is 0 Å². The van der Waals surface area contributed by atoms with Gasteiger partial charge < -0.3 is 0 Å². The van der Waals surface area contributed by atoms with Crippen molar-refractivity contribution in [3.05, 3.63) is 0 Å². The number of hydrogen-bond donors (Lipinski definition) is 0. The summed E-state index contributed by atoms with van der Waals surface area (Å²) in [6, 6.07) is 0. The van der Waals surface area contributed by atoms with Crippen molar-refractivity contribution in [3.63, 3.8) is 0 Å². The molecule has 644 valence electrons. The van der Waals surface area contributed by atoms with Crippen LogP contribution >= 0.6 is 0 Å². The van der Waals surface area contributed by atoms with Crippen LogP contribution in [-0.2, 0) is 0 Å². The maximum atomic E-state index is 1.58. The van der Waals surface area contributed by atoms with Crippen molar-refractivity contribution >= 4 is 0 Å². The van der Waals surface area contributed by atoms with Crippen LogP contribution in [0.2, 0.25) is 0 Å². The summed E-state index contributed by atoms with van der Waals surface area (Å²) in [7, 11) is 0. The van der Waals surface area contributed by atoms with Crippen molar-refractivity contribution in [2.24, 2.45) is 166 Å². The van der Waals surface area contributed by atoms with Gasteiger partial charge in [-0.3, -0.25) is 0 Å². The van der Waals surface area contributed by atoms with Crippen LogP contribution in [0.5, 0.6) is 0 Å². The minimum Gasteiger partial charge on any atom is -0.0533 e. The fourth-order valence-corrected chi connectivity index (χ4v) is 32.2. The molecule has 0 amide bonds. The number of rotatable bonds is 0. The Balaban J connectivity index is 0.0000000955. The Morgan fingerprint density at radius 1 is 0.0625 bits per heavy atom. The van der Waals surface area contributed by atoms with Gasteiger partial charge in [0.05, 0.1) is 0 Å². The average Bonchev–Trinajstić information content (AvgIpc) is 1.65. The zero-order valence-corrected chi connectivity index (χ0v) is 75.6. The number of hydrogen-bond acceptors (Lipinski definition) is 0. The van der Waals surface area contributed by atoms with E-state index < -0.39 is 0 Å². The van der Waals surface area contributed by atoms with E-state index in [2.05, 4.69) is 0 Å². The van der Waals surface area contributed by atoms with E-state index in [-0.39, 0.29) is 0 Å². The summed E-state index contributed by atoms with van der Waals surface area (Å²) >= 11 is 0. The first-order valence-electron chi connectivity index (χ1n) is 55.4. The molecule has 0 aromatic rings. The van der Waals surface area contributed by atoms with E-state index in [1.807, 2.05) is 0 Å². The van der Waals surface area contributed by atoms with E-state index in [1.165, 1.54) is 241 Å². The molecule has 0 N–H and O–H groups in total. The van der Waals surface area contributed by atoms with E-state index >= 15 is 0 Å². The third kappa shape index (κ3) is 28.5. The molecule has 16 bridgehead atoms. The van der Waals surface area contributed by atoms with Crippen molar-refractivity contribution in [1.82, 2.24) is 0 Å². The van der Waals surface area contributed by atoms with Gasteiger partial charge in [-0.05, 0) is 262 Å². The molecule has 14 unspecified atom stereocenters. The first-order valence-corrected chi connectivity index (χ1v) is 55.4. The van der Waals surface area contributed by atoms with Gasteiger partial charge in [0, 0.05) is 0 Å². The van der Waals surface area contributed by atoms with Gasteiger partial charge in [0.15, 0.2) is 0 Å². The Labute approximate surface area is 700 Å². The smallest absolute Gasteiger partial charge is 0.0383 e. The second-order valence-electron chi connectivity index (χ2n) is 48.1. The minimum absolute atomic E-state index is 1.14. The summed E-state index contributed by atoms with van der Waals surface area (Å²) in [5.41, 5.74) is 0. The summed E-state index contributed by atoms with van der Waals surface area (Å²) in [6.07, 6.45) is 131. The fourth-order valence-electron chi connectivity index (χ4n) is 32.2. The topological polar surface area (TPSA) is 0 Å². The van der Waals surface area contributed by atoms with Gasteiger partial charge >= 0.3 is 0 Å². The fraction of sp³-hybridized carbons (Fsp3) is 1.00. The van der Waals surface area contributed by atoms with E-state index in [4.69, 9.17) is 0 Å². The highest BCUT2D eigenvalue weighted by atomic mass is 14.5. The molecule has 0 aromatic carbocycles. The molecule has 0 heteroatoms. The van der Waals surface area contributed by atoms with Crippen LogP contribution in [0.15, 0.2) is 0 Å². The zero-order chi connectivity index (χ0) is 75.6. The van der Waals surface area contributed by atoms with Gasteiger partial charge in [0.1, 0.15) is 0 Å². The van der Waals surface area contributed by atoms with Gasteiger partial charge in [-0.2, -0.15) is 0 Å². The standard InChI is InChI=1S/5C9H16.5C8H14.3C7H12.C6H10/c1-3-8-5-2-6-9(4-1)7-8;1-2-5-9-7-3-6-8(9)4-1;1-2-8-4-6-9(3-1)7-5-8;1-2-4-9-6-5-8(3-1)7-9;1-2-4-8-6-7-9(8)5-3-1;1-3-7-5-2-6-8(7)4-1;1-2-8-5-3-7(1)4-6-8;1-2-7-4-5-8(3-1)6-7;1-2-4-8-5-7(3-1)6-8;1-2-4-8-6-5-7(8)3-1;1-2-7-4-3-6(1)5-7;1-2-6-4-5-7(6)3-1;1-2-4-7-5-6(7)3-1;1-2-6-3-5(1)4-6/h5*8-9H,1-7H2;5*7-8H,1-6H2;3*6-7H,1-5H2;5-6H,1-4H2. The maximum Gasteiger partial charge on any atom is -0.0383 e. The van der Waals surface area contributed by atoms with Gasteiger partial charge in [-0.25, -0.2) is 0 Å². The van der Waals surface area contributed by atoms with Crippen LogP contribution in [0.3, 0.4) is 0 Å². The molecule has 0 radical (unpaired) electrons. The number of fused-ring (bicyclic) bond motifs is 25. The summed E-state index contributed by atoms with van der Waals surface area (Å²) in [4.78, 5) is 0. The lowest BCUT2D eigenvalue weighted by atomic mass is 9.66. The first-order chi connectivity index (χ1) is 55.4. The molecule has 14 atom stereocenters. The van der Waals surface area contributed by atoms with Crippen LogP contribution in [0, 0.1) is 166 Å². The van der Waals surface area contributed by atoms with Crippen LogP contribution in [0.4, 0.5) is 0 Å². The SMILES string of the molecule is C1CC2CC1C2.C1CC2CCC(C1)C2.C1CC2CCC(C1)CC2.C1CC2CCC1C2.C1CC2CCC1CC2.C1CC2CCC2C1.C1CC2CCCC(C1)C2.C1CC2CCCC2C1.C1CCC2CC(C1)C2.C1CCC2CC2C1.C1CCC2CCC(C1)C2.C1CCC2CCC2C1.C1CCC2CCC2CC1.C1CCC2CCCC2C1. The van der Waals surface area contributed by atoms with Gasteiger partial charge in [-0.1, -0.05) is 443 Å². The van der Waals surface area contributed by atoms with Gasteiger partial charge in [0.2, 0.25) is 0 Å². The lowest BCUT2D eigenvalue weighted by Gasteiger charge is -2.40. The maximum absolute atomic E-state index is 1.58. The monoisotopic (exact) mass is 1540 g/mol. The molecule has 32 rings (SSSR count). The average molecular weight is 1540 g/mol. The van der Waals surface area contributed by atoms with Crippen molar-refractivity contribution in [1.29, 1.82) is 0 Å². The summed E-state index contributed by atoms with van der Waals surface area (Å²) < 4.78 is 0. The van der Waals surface area contributed by atoms with Crippen molar-refractivity contribution in [2.45, 2.75) is 539 Å². The van der Waals surface area contributed by atoms with Crippen molar-refractivity contribution < 1.29 is 0 Å². The molecule has 0 saturated heterocycles. The van der Waals surface area contributed by atoms with E-state index in [9.17, 15) is 0 Å². The predicted molar refractivity (Wildman–Crippen MR) is 486 cm³/mol. The molecule has 32 fully saturated rings. The highest BCUT2D eigenvalue weighted by Crippen LogP contribution is 2.53. The quantitative estimate of drug-likeness (QED) is 0.227. The zero-order valence-electron chi connectivity index (χ0n) is 75.6. The lowest BCUT2D eigenvalue weighted by Crippen LogP contribution is -2.28. The van der Waals surface area contributed by atoms with E-state index in [0.717, 1.165) is 59.2 Å². The van der Waals surface area contributed by atoms with Crippen molar-refractivity contribution in [3.8, 4) is 0 Å². The van der Waals surface area contributed by atoms with Crippen LogP contribution in [-0.4, -0.2) is 0 Å². The molecule has 112 heavy (non-hydrogen) atoms. The summed E-state index contributed by atoms with van der Waals surface area (Å²) in [5.74, 6) is 32.8. The van der Waals surface area contributed by atoms with E-state index in [1.54, 1.807) is 405 Å². The van der Waals surface area contributed by atoms with Gasteiger partial charge in [0.25, 0.3) is 0 Å². The Hall–Kier alpha value is 0. The second-order valence-corrected chi connectivity index (χ2v) is 48.1. The third-order valence-corrected chi connectivity index (χ3v) is 40.6. The molecule has 0 aliphatic heterocycles. The molecule has 0 heterocycles. The minimum atomic E-state index is 1.14.